The Labute approximate surface area is 437 Å². The fraction of sp³-hybridized carbons (Fsp3) is 0.458. The van der Waals surface area contributed by atoms with Crippen molar-refractivity contribution >= 4 is 12.2 Å². The van der Waals surface area contributed by atoms with Gasteiger partial charge >= 0.3 is 12.2 Å². The Balaban J connectivity index is 0.000000216. The molecular weight excluding hydrogens is 933 g/mol. The van der Waals surface area contributed by atoms with Crippen molar-refractivity contribution < 1.29 is 34.4 Å². The third kappa shape index (κ3) is 13.5. The number of aryl methyl sites for hydroxylation is 3. The average Bonchev–Trinajstić information content (AvgIpc) is 3.90. The Morgan fingerprint density at radius 2 is 0.905 bits per heavy atom. The Hall–Kier alpha value is -6.84. The molecule has 0 saturated carbocycles. The number of nitrogens with one attached hydrogen (secondary N) is 2. The van der Waals surface area contributed by atoms with Gasteiger partial charge in [-0.15, -0.1) is 0 Å². The fourth-order valence-electron chi connectivity index (χ4n) is 9.62. The highest BCUT2D eigenvalue weighted by Crippen LogP contribution is 2.43. The van der Waals surface area contributed by atoms with Crippen LogP contribution in [0, 0.1) is 20.8 Å². The first-order valence-corrected chi connectivity index (χ1v) is 25.9. The van der Waals surface area contributed by atoms with Gasteiger partial charge in [0.25, 0.3) is 0 Å². The third-order valence-corrected chi connectivity index (χ3v) is 13.5. The summed E-state index contributed by atoms with van der Waals surface area (Å²) >= 11 is 0. The molecule has 396 valence electrons. The summed E-state index contributed by atoms with van der Waals surface area (Å²) in [6.07, 6.45) is -0.481. The van der Waals surface area contributed by atoms with Gasteiger partial charge in [-0.25, -0.2) is 9.59 Å². The van der Waals surface area contributed by atoms with E-state index in [2.05, 4.69) is 98.6 Å². The van der Waals surface area contributed by atoms with Crippen LogP contribution >= 0.6 is 0 Å². The van der Waals surface area contributed by atoms with Crippen molar-refractivity contribution in [3.63, 3.8) is 0 Å². The number of piperazine rings is 2. The predicted octanol–water partition coefficient (Wildman–Crippen LogP) is 11.9. The summed E-state index contributed by atoms with van der Waals surface area (Å²) in [5.41, 5.74) is 13.1. The predicted molar refractivity (Wildman–Crippen MR) is 292 cm³/mol. The van der Waals surface area contributed by atoms with Crippen LogP contribution in [-0.4, -0.2) is 131 Å². The minimum atomic E-state index is -0.485. The lowest BCUT2D eigenvalue weighted by molar-refractivity contribution is 0.0129. The average molecular weight is 1010 g/mol. The van der Waals surface area contributed by atoms with E-state index in [1.54, 1.807) is 9.80 Å². The highest BCUT2D eigenvalue weighted by molar-refractivity contribution is 5.87. The summed E-state index contributed by atoms with van der Waals surface area (Å²) in [6.45, 7) is 33.2. The highest BCUT2D eigenvalue weighted by Gasteiger charge is 2.28. The Bertz CT molecular complexity index is 2690. The van der Waals surface area contributed by atoms with E-state index >= 15 is 0 Å². The molecule has 0 unspecified atom stereocenters. The molecule has 2 fully saturated rings. The summed E-state index contributed by atoms with van der Waals surface area (Å²) in [7, 11) is 0. The van der Waals surface area contributed by atoms with Crippen LogP contribution in [-0.2, 0) is 22.6 Å². The van der Waals surface area contributed by atoms with E-state index in [1.807, 2.05) is 88.3 Å². The minimum absolute atomic E-state index is 0.00297. The number of H-pyrrole nitrogens is 2. The number of carbonyl (C=O) groups is 2. The maximum Gasteiger partial charge on any atom is 0.410 e. The monoisotopic (exact) mass is 1010 g/mol. The largest absolute Gasteiger partial charge is 0.508 e. The van der Waals surface area contributed by atoms with Gasteiger partial charge in [-0.2, -0.15) is 10.2 Å². The van der Waals surface area contributed by atoms with Crippen molar-refractivity contribution in [2.45, 2.75) is 126 Å². The van der Waals surface area contributed by atoms with Gasteiger partial charge in [-0.3, -0.25) is 20.0 Å². The van der Waals surface area contributed by atoms with Crippen molar-refractivity contribution in [3.05, 3.63) is 112 Å². The molecule has 0 atom stereocenters. The fourth-order valence-corrected chi connectivity index (χ4v) is 9.62. The van der Waals surface area contributed by atoms with Crippen molar-refractivity contribution in [3.8, 4) is 62.0 Å². The number of aromatic amines is 2. The lowest BCUT2D eigenvalue weighted by Gasteiger charge is -2.35. The van der Waals surface area contributed by atoms with E-state index in [9.17, 15) is 24.9 Å². The Kier molecular flexibility index (Phi) is 16.9. The highest BCUT2D eigenvalue weighted by atomic mass is 16.6. The number of phenols is 3. The molecule has 2 aliphatic heterocycles. The number of benzene rings is 4. The molecule has 2 aliphatic rings. The standard InChI is InChI=1S/C30H40N4O3.C29H38N4O4/c1-19(2)24-17-25(26(35)16-20(24)3)28-27(21(4)31-32-28)23-10-8-22(9-11-23)18-33-12-14-34(15-13-33)29(36)37-30(5,6)7;1-18(2)22-15-23(25(35)16-24(22)34)27-26(19(3)30-31-27)21-9-7-20(8-10-21)17-32-11-13-33(14-12-32)28(36)37-29(4,5)6/h8-11,16-17,19,35H,12-15,18H2,1-7H3,(H,31,32);7-10,15-16,18,34-35H,11-14,17H2,1-6H3,(H,30,31). The van der Waals surface area contributed by atoms with Crippen LogP contribution < -0.4 is 0 Å². The first-order valence-electron chi connectivity index (χ1n) is 25.9. The topological polar surface area (TPSA) is 184 Å². The lowest BCUT2D eigenvalue weighted by atomic mass is 9.91. The molecule has 6 aromatic rings. The van der Waals surface area contributed by atoms with Gasteiger partial charge in [0.2, 0.25) is 0 Å². The molecular formula is C59H78N8O7. The van der Waals surface area contributed by atoms with E-state index in [0.29, 0.717) is 43.4 Å². The van der Waals surface area contributed by atoms with E-state index in [1.165, 1.54) is 22.8 Å². The number of aromatic hydroxyl groups is 3. The number of hydrogen-bond acceptors (Lipinski definition) is 11. The van der Waals surface area contributed by atoms with Crippen molar-refractivity contribution in [2.75, 3.05) is 52.4 Å². The molecule has 2 amide bonds. The molecule has 15 nitrogen and oxygen atoms in total. The van der Waals surface area contributed by atoms with Crippen LogP contribution in [0.15, 0.2) is 72.8 Å². The zero-order valence-electron chi connectivity index (χ0n) is 45.8. The maximum atomic E-state index is 12.3. The number of phenolic OH excluding ortho intramolecular Hbond substituents is 3. The van der Waals surface area contributed by atoms with E-state index in [0.717, 1.165) is 95.3 Å². The number of ether oxygens (including phenoxy) is 2. The molecule has 74 heavy (non-hydrogen) atoms. The number of hydrogen-bond donors (Lipinski definition) is 5. The van der Waals surface area contributed by atoms with E-state index < -0.39 is 11.2 Å². The second-order valence-corrected chi connectivity index (χ2v) is 22.5. The van der Waals surface area contributed by atoms with Crippen molar-refractivity contribution in [1.29, 1.82) is 0 Å². The molecule has 0 spiro atoms. The maximum absolute atomic E-state index is 12.3. The minimum Gasteiger partial charge on any atom is -0.508 e. The number of rotatable bonds is 10. The summed E-state index contributed by atoms with van der Waals surface area (Å²) in [5, 5.41) is 46.9. The Morgan fingerprint density at radius 1 is 0.541 bits per heavy atom. The Morgan fingerprint density at radius 3 is 1.27 bits per heavy atom. The van der Waals surface area contributed by atoms with Crippen LogP contribution in [0.1, 0.15) is 120 Å². The molecule has 4 aromatic carbocycles. The number of carbonyl (C=O) groups excluding carboxylic acids is 2. The van der Waals surface area contributed by atoms with Gasteiger partial charge < -0.3 is 34.6 Å². The van der Waals surface area contributed by atoms with Gasteiger partial charge in [-0.1, -0.05) is 76.2 Å². The van der Waals surface area contributed by atoms with Crippen molar-refractivity contribution in [1.82, 2.24) is 40.0 Å². The quantitative estimate of drug-likeness (QED) is 0.0880. The summed E-state index contributed by atoms with van der Waals surface area (Å²) in [4.78, 5) is 32.9. The molecule has 8 rings (SSSR count). The van der Waals surface area contributed by atoms with Gasteiger partial charge in [0.15, 0.2) is 0 Å². The first-order chi connectivity index (χ1) is 34.8. The zero-order chi connectivity index (χ0) is 53.8. The second-order valence-electron chi connectivity index (χ2n) is 22.5. The first kappa shape index (κ1) is 54.9. The normalized spacial score (nSPS) is 14.9. The van der Waals surface area contributed by atoms with Crippen LogP contribution in [0.25, 0.3) is 44.8 Å². The zero-order valence-corrected chi connectivity index (χ0v) is 45.8. The summed E-state index contributed by atoms with van der Waals surface area (Å²) in [5.74, 6) is 0.788. The molecule has 15 heteroatoms. The summed E-state index contributed by atoms with van der Waals surface area (Å²) < 4.78 is 11.0. The van der Waals surface area contributed by atoms with E-state index in [4.69, 9.17) is 9.47 Å². The van der Waals surface area contributed by atoms with Crippen LogP contribution in [0.5, 0.6) is 17.2 Å². The summed E-state index contributed by atoms with van der Waals surface area (Å²) in [6, 6.07) is 24.1. The molecule has 0 aliphatic carbocycles. The molecule has 4 heterocycles. The molecule has 2 aromatic heterocycles. The number of aromatic nitrogens is 4. The molecule has 0 bridgehead atoms. The molecule has 5 N–H and O–H groups in total. The van der Waals surface area contributed by atoms with Gasteiger partial charge in [0.1, 0.15) is 39.8 Å². The van der Waals surface area contributed by atoms with Gasteiger partial charge in [0, 0.05) is 105 Å². The SMILES string of the molecule is Cc1[nH]nc(-c2cc(C(C)C)c(O)cc2O)c1-c1ccc(CN2CCN(C(=O)OC(C)(C)C)CC2)cc1.Cc1cc(O)c(-c2n[nH]c(C)c2-c2ccc(CN3CCN(C(=O)OC(C)(C)C)CC3)cc2)cc1C(C)C. The van der Waals surface area contributed by atoms with Crippen LogP contribution in [0.2, 0.25) is 0 Å². The van der Waals surface area contributed by atoms with E-state index in [-0.39, 0.29) is 35.4 Å². The van der Waals surface area contributed by atoms with Gasteiger partial charge in [-0.05, 0) is 131 Å². The van der Waals surface area contributed by atoms with Crippen molar-refractivity contribution in [2.24, 2.45) is 0 Å². The molecule has 2 saturated heterocycles. The number of amides is 2. The lowest BCUT2D eigenvalue weighted by Crippen LogP contribution is -2.49. The number of nitrogens with zero attached hydrogens (tertiary/aromatic N) is 6. The van der Waals surface area contributed by atoms with Crippen LogP contribution in [0.3, 0.4) is 0 Å². The smallest absolute Gasteiger partial charge is 0.410 e. The molecule has 0 radical (unpaired) electrons. The van der Waals surface area contributed by atoms with Crippen LogP contribution in [0.4, 0.5) is 9.59 Å². The third-order valence-electron chi connectivity index (χ3n) is 13.5. The van der Waals surface area contributed by atoms with Gasteiger partial charge in [0.05, 0.1) is 0 Å². The second kappa shape index (κ2) is 22.7.